The number of anilines is 1. The van der Waals surface area contributed by atoms with Crippen LogP contribution in [0, 0.1) is 0 Å². The van der Waals surface area contributed by atoms with E-state index in [4.69, 9.17) is 24.5 Å². The Morgan fingerprint density at radius 3 is 2.83 bits per heavy atom. The molecule has 0 saturated carbocycles. The average molecular weight is 506 g/mol. The third kappa shape index (κ3) is 5.65. The van der Waals surface area contributed by atoms with Gasteiger partial charge in [0.2, 0.25) is 0 Å². The van der Waals surface area contributed by atoms with Crippen molar-refractivity contribution in [3.63, 3.8) is 0 Å². The molecule has 14 heteroatoms. The summed E-state index contributed by atoms with van der Waals surface area (Å²) in [5, 5.41) is 2.65. The minimum absolute atomic E-state index is 0.143. The van der Waals surface area contributed by atoms with Gasteiger partial charge in [-0.25, -0.2) is 24.4 Å². The lowest BCUT2D eigenvalue weighted by molar-refractivity contribution is -0.144. The number of nitrogens with zero attached hydrogens (tertiary/aromatic N) is 4. The number of imidazole rings is 1. The summed E-state index contributed by atoms with van der Waals surface area (Å²) < 4.78 is 51.5. The van der Waals surface area contributed by atoms with E-state index in [2.05, 4.69) is 20.0 Å². The number of hydrogen-bond donors (Lipinski definition) is 2. The van der Waals surface area contributed by atoms with Gasteiger partial charge in [-0.15, -0.1) is 0 Å². The number of para-hydroxylation sites is 1. The van der Waals surface area contributed by atoms with Gasteiger partial charge in [0, 0.05) is 6.08 Å². The van der Waals surface area contributed by atoms with Crippen molar-refractivity contribution < 1.29 is 32.5 Å². The molecule has 12 nitrogen and oxygen atoms in total. The van der Waals surface area contributed by atoms with E-state index in [0.29, 0.717) is 5.52 Å². The van der Waals surface area contributed by atoms with E-state index in [-0.39, 0.29) is 23.8 Å². The molecular formula is C21H24FN6O6P. The van der Waals surface area contributed by atoms with Gasteiger partial charge in [0.15, 0.2) is 36.2 Å². The van der Waals surface area contributed by atoms with Crippen molar-refractivity contribution in [1.29, 1.82) is 0 Å². The van der Waals surface area contributed by atoms with Crippen LogP contribution < -0.4 is 15.3 Å². The number of esters is 1. The highest BCUT2D eigenvalue weighted by atomic mass is 31.2. The lowest BCUT2D eigenvalue weighted by atomic mass is 10.3. The standard InChI is InChI=1S/C21H24FN6O6P/c1-3-31-21(29)13(2)27-35(30,34-14-7-5-4-6-8-14)12-32-16-9-15(22)20(33-16)28-11-26-17-18(23)24-10-25-19(17)28/h4-11,13,16,20H,3,12H2,1-2H3,(H,27,30)(H2,23,24,25)/t13?,16-,20+,35-/m0/s1. The zero-order chi connectivity index (χ0) is 25.0. The lowest BCUT2D eigenvalue weighted by Gasteiger charge is -2.24. The largest absolute Gasteiger partial charge is 0.465 e. The van der Waals surface area contributed by atoms with Crippen LogP contribution in [0.3, 0.4) is 0 Å². The summed E-state index contributed by atoms with van der Waals surface area (Å²) in [7, 11) is -3.83. The second-order valence-corrected chi connectivity index (χ2v) is 9.51. The molecule has 3 aromatic rings. The maximum atomic E-state index is 14.8. The minimum Gasteiger partial charge on any atom is -0.465 e. The molecular weight excluding hydrogens is 482 g/mol. The number of nitrogen functional groups attached to an aromatic ring is 1. The third-order valence-corrected chi connectivity index (χ3v) is 6.64. The fraction of sp³-hybridized carbons (Fsp3) is 0.333. The highest BCUT2D eigenvalue weighted by molar-refractivity contribution is 7.57. The Morgan fingerprint density at radius 2 is 2.09 bits per heavy atom. The average Bonchev–Trinajstić information content (AvgIpc) is 3.42. The summed E-state index contributed by atoms with van der Waals surface area (Å²) in [6.07, 6.45) is 0.676. The fourth-order valence-electron chi connectivity index (χ4n) is 3.30. The first kappa shape index (κ1) is 24.7. The molecule has 4 rings (SSSR count). The van der Waals surface area contributed by atoms with Gasteiger partial charge in [-0.2, -0.15) is 0 Å². The molecule has 1 aliphatic rings. The molecule has 1 aliphatic heterocycles. The summed E-state index contributed by atoms with van der Waals surface area (Å²) in [6.45, 7) is 3.30. The molecule has 0 aliphatic carbocycles. The van der Waals surface area contributed by atoms with Crippen LogP contribution in [0.25, 0.3) is 11.2 Å². The van der Waals surface area contributed by atoms with Gasteiger partial charge in [-0.1, -0.05) is 18.2 Å². The maximum Gasteiger partial charge on any atom is 0.342 e. The van der Waals surface area contributed by atoms with E-state index in [1.807, 2.05) is 0 Å². The molecule has 0 spiro atoms. The van der Waals surface area contributed by atoms with Gasteiger partial charge in [-0.05, 0) is 26.0 Å². The number of benzene rings is 1. The number of hydrogen-bond acceptors (Lipinski definition) is 10. The van der Waals surface area contributed by atoms with Gasteiger partial charge in [-0.3, -0.25) is 13.9 Å². The Labute approximate surface area is 199 Å². The van der Waals surface area contributed by atoms with Crippen molar-refractivity contribution in [3.8, 4) is 5.75 Å². The van der Waals surface area contributed by atoms with E-state index in [0.717, 1.165) is 6.08 Å². The molecule has 186 valence electrons. The third-order valence-electron chi connectivity index (χ3n) is 4.87. The SMILES string of the molecule is CCOC(=O)C(C)N[P@](=O)(CO[C@@H]1C=C(F)[C@H](n2cnc3c(N)ncnc32)O1)Oc1ccccc1. The number of fused-ring (bicyclic) bond motifs is 1. The molecule has 0 fully saturated rings. The number of halogens is 1. The fourth-order valence-corrected chi connectivity index (χ4v) is 4.98. The van der Waals surface area contributed by atoms with Crippen LogP contribution in [0.15, 0.2) is 54.9 Å². The van der Waals surface area contributed by atoms with E-state index in [9.17, 15) is 13.8 Å². The number of nitrogens with one attached hydrogen (secondary N) is 1. The molecule has 0 bridgehead atoms. The molecule has 35 heavy (non-hydrogen) atoms. The lowest BCUT2D eigenvalue weighted by Crippen LogP contribution is -2.36. The van der Waals surface area contributed by atoms with Crippen LogP contribution in [0.1, 0.15) is 20.1 Å². The molecule has 4 atom stereocenters. The number of carbonyl (C=O) groups is 1. The van der Waals surface area contributed by atoms with Crippen molar-refractivity contribution in [2.75, 3.05) is 18.7 Å². The summed E-state index contributed by atoms with van der Waals surface area (Å²) in [5.41, 5.74) is 6.35. The molecule has 3 N–H and O–H groups in total. The molecule has 0 saturated heterocycles. The van der Waals surface area contributed by atoms with Crippen molar-refractivity contribution in [3.05, 3.63) is 54.9 Å². The van der Waals surface area contributed by atoms with Gasteiger partial charge < -0.3 is 24.5 Å². The van der Waals surface area contributed by atoms with Crippen LogP contribution in [0.5, 0.6) is 5.75 Å². The van der Waals surface area contributed by atoms with E-state index < -0.39 is 44.2 Å². The van der Waals surface area contributed by atoms with Crippen LogP contribution in [0.4, 0.5) is 10.2 Å². The van der Waals surface area contributed by atoms with E-state index in [1.165, 1.54) is 24.1 Å². The summed E-state index contributed by atoms with van der Waals surface area (Å²) in [4.78, 5) is 24.1. The van der Waals surface area contributed by atoms with Crippen LogP contribution in [-0.4, -0.2) is 50.8 Å². The van der Waals surface area contributed by atoms with Gasteiger partial charge in [0.25, 0.3) is 0 Å². The monoisotopic (exact) mass is 506 g/mol. The Hall–Kier alpha value is -3.38. The predicted octanol–water partition coefficient (Wildman–Crippen LogP) is 2.90. The van der Waals surface area contributed by atoms with Crippen LogP contribution in [0.2, 0.25) is 0 Å². The molecule has 0 amide bonds. The first-order valence-corrected chi connectivity index (χ1v) is 12.5. The minimum atomic E-state index is -3.83. The molecule has 3 heterocycles. The van der Waals surface area contributed by atoms with Crippen molar-refractivity contribution in [1.82, 2.24) is 24.6 Å². The summed E-state index contributed by atoms with van der Waals surface area (Å²) in [5.74, 6) is -0.847. The Balaban J connectivity index is 1.47. The van der Waals surface area contributed by atoms with Crippen molar-refractivity contribution in [2.45, 2.75) is 32.4 Å². The Bertz CT molecular complexity index is 1270. The Morgan fingerprint density at radius 1 is 1.31 bits per heavy atom. The molecule has 2 aromatic heterocycles. The van der Waals surface area contributed by atoms with Gasteiger partial charge in [0.05, 0.1) is 12.9 Å². The number of aromatic nitrogens is 4. The zero-order valence-corrected chi connectivity index (χ0v) is 19.8. The van der Waals surface area contributed by atoms with Crippen molar-refractivity contribution in [2.24, 2.45) is 0 Å². The van der Waals surface area contributed by atoms with E-state index in [1.54, 1.807) is 37.3 Å². The first-order valence-electron chi connectivity index (χ1n) is 10.6. The van der Waals surface area contributed by atoms with Crippen molar-refractivity contribution >= 4 is 30.5 Å². The van der Waals surface area contributed by atoms with E-state index >= 15 is 0 Å². The topological polar surface area (TPSA) is 153 Å². The predicted molar refractivity (Wildman–Crippen MR) is 123 cm³/mol. The molecule has 1 unspecified atom stereocenters. The summed E-state index contributed by atoms with van der Waals surface area (Å²) >= 11 is 0. The van der Waals surface area contributed by atoms with Crippen LogP contribution in [-0.2, 0) is 23.6 Å². The number of rotatable bonds is 10. The maximum absolute atomic E-state index is 14.8. The highest BCUT2D eigenvalue weighted by Crippen LogP contribution is 2.45. The first-order chi connectivity index (χ1) is 16.8. The smallest absolute Gasteiger partial charge is 0.342 e. The highest BCUT2D eigenvalue weighted by Gasteiger charge is 2.36. The molecule has 1 aromatic carbocycles. The second kappa shape index (κ2) is 10.5. The molecule has 0 radical (unpaired) electrons. The quantitative estimate of drug-likeness (QED) is 0.308. The second-order valence-electron chi connectivity index (χ2n) is 7.47. The van der Waals surface area contributed by atoms with Gasteiger partial charge in [0.1, 0.15) is 23.6 Å². The zero-order valence-electron chi connectivity index (χ0n) is 18.9. The normalized spacial score (nSPS) is 20.3. The summed E-state index contributed by atoms with van der Waals surface area (Å²) in [6, 6.07) is 7.40. The number of nitrogens with two attached hydrogens (primary N) is 1. The van der Waals surface area contributed by atoms with Crippen LogP contribution >= 0.6 is 7.52 Å². The van der Waals surface area contributed by atoms with Gasteiger partial charge >= 0.3 is 13.5 Å². The number of ether oxygens (including phenoxy) is 3. The Kier molecular flexibility index (Phi) is 7.41. The number of carbonyl (C=O) groups excluding carboxylic acids is 1.